The number of halogens is 1. The summed E-state index contributed by atoms with van der Waals surface area (Å²) in [5.74, 6) is 0.689. The molecule has 2 aromatic heterocycles. The van der Waals surface area contributed by atoms with Crippen LogP contribution in [0.3, 0.4) is 0 Å². The zero-order valence-electron chi connectivity index (χ0n) is 15.4. The van der Waals surface area contributed by atoms with Crippen LogP contribution in [0.2, 0.25) is 0 Å². The highest BCUT2D eigenvalue weighted by Crippen LogP contribution is 2.35. The van der Waals surface area contributed by atoms with Crippen molar-refractivity contribution in [3.63, 3.8) is 0 Å². The van der Waals surface area contributed by atoms with Crippen molar-refractivity contribution in [2.24, 2.45) is 7.05 Å². The lowest BCUT2D eigenvalue weighted by Gasteiger charge is -2.08. The van der Waals surface area contributed by atoms with E-state index in [1.165, 1.54) is 17.0 Å². The molecular weight excluding hydrogens is 373 g/mol. The van der Waals surface area contributed by atoms with Crippen molar-refractivity contribution in [2.75, 3.05) is 12.0 Å². The van der Waals surface area contributed by atoms with Gasteiger partial charge in [0, 0.05) is 29.3 Å². The highest BCUT2D eigenvalue weighted by Gasteiger charge is 2.20. The third-order valence-electron chi connectivity index (χ3n) is 4.48. The molecule has 4 aromatic rings. The topological polar surface area (TPSA) is 69.6 Å². The summed E-state index contributed by atoms with van der Waals surface area (Å²) in [6.45, 7) is 0. The van der Waals surface area contributed by atoms with Crippen LogP contribution in [-0.2, 0) is 7.05 Å². The maximum Gasteiger partial charge on any atom is 0.220 e. The molecule has 0 amide bonds. The summed E-state index contributed by atoms with van der Waals surface area (Å²) in [4.78, 5) is 14.4. The van der Waals surface area contributed by atoms with Crippen LogP contribution in [0, 0.1) is 5.82 Å². The molecule has 0 bridgehead atoms. The van der Waals surface area contributed by atoms with Crippen LogP contribution in [-0.4, -0.2) is 25.8 Å². The number of rotatable bonds is 4. The third kappa shape index (κ3) is 3.36. The highest BCUT2D eigenvalue weighted by molar-refractivity contribution is 7.98. The molecule has 0 saturated heterocycles. The minimum absolute atomic E-state index is 0.189. The lowest BCUT2D eigenvalue weighted by atomic mass is 10.1. The number of nitrogens with zero attached hydrogens (tertiary/aromatic N) is 4. The molecule has 7 heteroatoms. The van der Waals surface area contributed by atoms with Crippen LogP contribution in [0.1, 0.15) is 0 Å². The fourth-order valence-electron chi connectivity index (χ4n) is 3.10. The van der Waals surface area contributed by atoms with Crippen molar-refractivity contribution >= 4 is 17.7 Å². The van der Waals surface area contributed by atoms with E-state index in [1.54, 1.807) is 36.2 Å². The van der Waals surface area contributed by atoms with E-state index < -0.39 is 0 Å². The zero-order valence-corrected chi connectivity index (χ0v) is 16.2. The van der Waals surface area contributed by atoms with Gasteiger partial charge < -0.3 is 10.3 Å². The first-order valence-corrected chi connectivity index (χ1v) is 9.85. The summed E-state index contributed by atoms with van der Waals surface area (Å²) >= 11 is 1.69. The minimum Gasteiger partial charge on any atom is -0.368 e. The first kappa shape index (κ1) is 18.2. The van der Waals surface area contributed by atoms with Crippen LogP contribution >= 0.6 is 11.8 Å². The molecule has 0 aliphatic carbocycles. The number of aromatic nitrogens is 4. The number of nitrogens with two attached hydrogens (primary N) is 1. The Hall–Kier alpha value is -3.19. The van der Waals surface area contributed by atoms with Gasteiger partial charge in [-0.3, -0.25) is 0 Å². The van der Waals surface area contributed by atoms with Crippen molar-refractivity contribution < 1.29 is 4.39 Å². The summed E-state index contributed by atoms with van der Waals surface area (Å²) in [7, 11) is 1.94. The lowest BCUT2D eigenvalue weighted by molar-refractivity contribution is 0.628. The maximum absolute atomic E-state index is 13.4. The fraction of sp³-hybridized carbons (Fsp3) is 0.0952. The minimum atomic E-state index is -0.291. The summed E-state index contributed by atoms with van der Waals surface area (Å²) in [6, 6.07) is 16.3. The number of anilines is 1. The summed E-state index contributed by atoms with van der Waals surface area (Å²) < 4.78 is 15.4. The van der Waals surface area contributed by atoms with Gasteiger partial charge in [-0.15, -0.1) is 11.8 Å². The van der Waals surface area contributed by atoms with Gasteiger partial charge >= 0.3 is 0 Å². The van der Waals surface area contributed by atoms with Crippen molar-refractivity contribution in [1.82, 2.24) is 19.5 Å². The Bertz CT molecular complexity index is 1120. The number of nitrogen functional groups attached to an aromatic ring is 1. The number of imidazole rings is 1. The normalized spacial score (nSPS) is 11.0. The molecule has 5 nitrogen and oxygen atoms in total. The van der Waals surface area contributed by atoms with Gasteiger partial charge in [0.1, 0.15) is 11.6 Å². The van der Waals surface area contributed by atoms with Crippen LogP contribution in [0.4, 0.5) is 10.3 Å². The Kier molecular flexibility index (Phi) is 4.83. The van der Waals surface area contributed by atoms with E-state index in [2.05, 4.69) is 22.1 Å². The summed E-state index contributed by atoms with van der Waals surface area (Å²) in [6.07, 6.45) is 3.66. The first-order chi connectivity index (χ1) is 13.6. The van der Waals surface area contributed by atoms with Crippen LogP contribution < -0.4 is 5.73 Å². The van der Waals surface area contributed by atoms with Crippen molar-refractivity contribution in [3.8, 4) is 34.0 Å². The van der Waals surface area contributed by atoms with Gasteiger partial charge in [-0.2, -0.15) is 0 Å². The smallest absolute Gasteiger partial charge is 0.220 e. The average Bonchev–Trinajstić information content (AvgIpc) is 3.06. The number of hydrogen-bond acceptors (Lipinski definition) is 5. The fourth-order valence-corrected chi connectivity index (χ4v) is 3.51. The van der Waals surface area contributed by atoms with Crippen LogP contribution in [0.5, 0.6) is 0 Å². The molecule has 140 valence electrons. The van der Waals surface area contributed by atoms with Gasteiger partial charge in [0.2, 0.25) is 5.95 Å². The number of benzene rings is 2. The average molecular weight is 391 g/mol. The van der Waals surface area contributed by atoms with Gasteiger partial charge in [-0.05, 0) is 48.7 Å². The second-order valence-electron chi connectivity index (χ2n) is 6.23. The molecule has 0 unspecified atom stereocenters. The maximum atomic E-state index is 13.4. The Morgan fingerprint density at radius 2 is 1.61 bits per heavy atom. The summed E-state index contributed by atoms with van der Waals surface area (Å²) in [5, 5.41) is 0. The van der Waals surface area contributed by atoms with Crippen LogP contribution in [0.25, 0.3) is 34.0 Å². The lowest BCUT2D eigenvalue weighted by Crippen LogP contribution is -2.00. The Morgan fingerprint density at radius 1 is 0.929 bits per heavy atom. The van der Waals surface area contributed by atoms with E-state index in [1.807, 2.05) is 30.0 Å². The molecule has 28 heavy (non-hydrogen) atoms. The highest BCUT2D eigenvalue weighted by atomic mass is 32.2. The Balaban J connectivity index is 1.94. The Morgan fingerprint density at radius 3 is 2.25 bits per heavy atom. The van der Waals surface area contributed by atoms with Gasteiger partial charge in [-0.1, -0.05) is 12.1 Å². The zero-order chi connectivity index (χ0) is 19.7. The molecule has 0 fully saturated rings. The van der Waals surface area contributed by atoms with Gasteiger partial charge in [0.15, 0.2) is 0 Å². The van der Waals surface area contributed by atoms with E-state index in [9.17, 15) is 4.39 Å². The van der Waals surface area contributed by atoms with Crippen molar-refractivity contribution in [1.29, 1.82) is 0 Å². The molecular formula is C21H18FN5S. The second kappa shape index (κ2) is 7.44. The SMILES string of the molecule is CSc1ccc(-c2nc(-c3ccc(F)cc3)c(-c3ccnc(N)n3)n2C)cc1. The molecule has 0 saturated carbocycles. The molecule has 2 heterocycles. The van der Waals surface area contributed by atoms with Crippen LogP contribution in [0.15, 0.2) is 65.7 Å². The van der Waals surface area contributed by atoms with Gasteiger partial charge in [-0.25, -0.2) is 19.3 Å². The van der Waals surface area contributed by atoms with Crippen molar-refractivity contribution in [2.45, 2.75) is 4.90 Å². The molecule has 2 N–H and O–H groups in total. The van der Waals surface area contributed by atoms with Gasteiger partial charge in [0.05, 0.1) is 17.1 Å². The number of hydrogen-bond donors (Lipinski definition) is 1. The molecule has 0 atom stereocenters. The predicted octanol–water partition coefficient (Wildman–Crippen LogP) is 4.65. The van der Waals surface area contributed by atoms with E-state index in [-0.39, 0.29) is 11.8 Å². The van der Waals surface area contributed by atoms with Gasteiger partial charge in [0.25, 0.3) is 0 Å². The molecule has 0 aliphatic heterocycles. The molecule has 0 radical (unpaired) electrons. The summed E-state index contributed by atoms with van der Waals surface area (Å²) in [5.41, 5.74) is 9.76. The standard InChI is InChI=1S/C21H18FN5S/c1-27-19(17-11-12-24-21(23)25-17)18(13-3-7-15(22)8-4-13)26-20(27)14-5-9-16(28-2)10-6-14/h3-12H,1-2H3,(H2,23,24,25). The van der Waals surface area contributed by atoms with E-state index >= 15 is 0 Å². The molecule has 0 spiro atoms. The molecule has 0 aliphatic rings. The largest absolute Gasteiger partial charge is 0.368 e. The molecule has 2 aromatic carbocycles. The monoisotopic (exact) mass is 391 g/mol. The van der Waals surface area contributed by atoms with Crippen molar-refractivity contribution in [3.05, 3.63) is 66.6 Å². The molecule has 4 rings (SSSR count). The quantitative estimate of drug-likeness (QED) is 0.513. The second-order valence-corrected chi connectivity index (χ2v) is 7.11. The van der Waals surface area contributed by atoms with E-state index in [0.717, 1.165) is 22.6 Å². The van der Waals surface area contributed by atoms with E-state index in [0.29, 0.717) is 11.4 Å². The Labute approximate surface area is 166 Å². The first-order valence-electron chi connectivity index (χ1n) is 8.63. The van der Waals surface area contributed by atoms with E-state index in [4.69, 9.17) is 10.7 Å². The predicted molar refractivity (Wildman–Crippen MR) is 111 cm³/mol. The third-order valence-corrected chi connectivity index (χ3v) is 5.22. The number of thioether (sulfide) groups is 1.